The quantitative estimate of drug-likeness (QED) is 0.211. The molecule has 1 aliphatic heterocycles. The zero-order chi connectivity index (χ0) is 27.6. The number of urea groups is 1. The number of rotatable bonds is 7. The summed E-state index contributed by atoms with van der Waals surface area (Å²) < 4.78 is 31.7. The van der Waals surface area contributed by atoms with E-state index in [0.29, 0.717) is 25.1 Å². The van der Waals surface area contributed by atoms with Crippen molar-refractivity contribution >= 4 is 41.5 Å². The second-order valence-corrected chi connectivity index (χ2v) is 7.70. The van der Waals surface area contributed by atoms with Crippen LogP contribution in [0.5, 0.6) is 0 Å². The maximum atomic E-state index is 12.7. The van der Waals surface area contributed by atoms with Crippen LogP contribution in [0.2, 0.25) is 0 Å². The zero-order valence-electron chi connectivity index (χ0n) is 19.2. The molecule has 2 aromatic rings. The number of carboxylic acids is 2. The van der Waals surface area contributed by atoms with Gasteiger partial charge in [-0.3, -0.25) is 9.59 Å². The summed E-state index contributed by atoms with van der Waals surface area (Å²) in [6.07, 6.45) is -2.68. The number of hydrogen-bond donors (Lipinski definition) is 5. The van der Waals surface area contributed by atoms with Crippen LogP contribution in [0.1, 0.15) is 24.0 Å². The van der Waals surface area contributed by atoms with E-state index in [1.807, 2.05) is 12.1 Å². The monoisotopic (exact) mass is 523 g/mol. The number of nitrogens with zero attached hydrogens (tertiary/aromatic N) is 2. The Morgan fingerprint density at radius 1 is 1.14 bits per heavy atom. The van der Waals surface area contributed by atoms with Gasteiger partial charge in [0.25, 0.3) is 0 Å². The zero-order valence-corrected chi connectivity index (χ0v) is 19.2. The van der Waals surface area contributed by atoms with Crippen LogP contribution in [-0.4, -0.2) is 59.1 Å². The molecule has 198 valence electrons. The van der Waals surface area contributed by atoms with Crippen LogP contribution in [-0.2, 0) is 20.8 Å². The minimum atomic E-state index is -5.08. The van der Waals surface area contributed by atoms with Gasteiger partial charge in [0.2, 0.25) is 5.91 Å². The molecule has 1 fully saturated rings. The fourth-order valence-electron chi connectivity index (χ4n) is 3.28. The molecular weight excluding hydrogens is 499 g/mol. The molecule has 14 heteroatoms. The van der Waals surface area contributed by atoms with Gasteiger partial charge in [0.15, 0.2) is 0 Å². The topological polar surface area (TPSA) is 174 Å². The van der Waals surface area contributed by atoms with E-state index >= 15 is 0 Å². The molecule has 0 bridgehead atoms. The largest absolute Gasteiger partial charge is 0.490 e. The van der Waals surface area contributed by atoms with Gasteiger partial charge in [0, 0.05) is 24.3 Å². The number of carboxylic acid groups (broad SMARTS) is 2. The first kappa shape index (κ1) is 28.6. The molecule has 11 nitrogen and oxygen atoms in total. The lowest BCUT2D eigenvalue weighted by molar-refractivity contribution is -0.192. The summed E-state index contributed by atoms with van der Waals surface area (Å²) in [7, 11) is 0. The third-order valence-electron chi connectivity index (χ3n) is 4.99. The molecule has 3 rings (SSSR count). The molecule has 1 heterocycles. The number of hydrazone groups is 1. The molecule has 37 heavy (non-hydrogen) atoms. The van der Waals surface area contributed by atoms with Gasteiger partial charge >= 0.3 is 24.1 Å². The van der Waals surface area contributed by atoms with Crippen LogP contribution in [0.15, 0.2) is 53.6 Å². The van der Waals surface area contributed by atoms with Gasteiger partial charge in [-0.15, -0.1) is 0 Å². The molecular formula is C23H24F3N5O6. The molecule has 2 aromatic carbocycles. The van der Waals surface area contributed by atoms with Crippen molar-refractivity contribution < 1.29 is 42.6 Å². The lowest BCUT2D eigenvalue weighted by Gasteiger charge is -2.17. The molecule has 3 amide bonds. The molecule has 0 radical (unpaired) electrons. The van der Waals surface area contributed by atoms with Crippen LogP contribution < -0.4 is 21.4 Å². The summed E-state index contributed by atoms with van der Waals surface area (Å²) in [5, 5.41) is 24.8. The predicted octanol–water partition coefficient (Wildman–Crippen LogP) is 2.56. The second kappa shape index (κ2) is 12.9. The number of nitrogens with one attached hydrogen (secondary N) is 2. The van der Waals surface area contributed by atoms with E-state index in [1.165, 1.54) is 6.21 Å². The molecule has 1 atom stereocenters. The highest BCUT2D eigenvalue weighted by atomic mass is 19.4. The van der Waals surface area contributed by atoms with Gasteiger partial charge in [-0.05, 0) is 48.2 Å². The molecule has 1 saturated heterocycles. The van der Waals surface area contributed by atoms with Crippen LogP contribution in [0.3, 0.4) is 0 Å². The first-order valence-electron chi connectivity index (χ1n) is 10.7. The van der Waals surface area contributed by atoms with Gasteiger partial charge in [0.05, 0.1) is 6.21 Å². The average molecular weight is 523 g/mol. The van der Waals surface area contributed by atoms with Crippen molar-refractivity contribution in [3.8, 4) is 0 Å². The number of nitrogens with two attached hydrogens (primary N) is 1. The Morgan fingerprint density at radius 3 is 2.35 bits per heavy atom. The standard InChI is InChI=1S/C21H23N5O4.C2HF3O2/c22-23-13-15-4-7-17(8-5-15)26-11-10-18(20(26)29)25-21(30)24-16-3-1-2-14(12-16)6-9-19(27)28;3-2(4,5)1(6)7/h1-5,7-8,12-13,18H,6,9-11,22H2,(H,27,28)(H2,24,25,30);(H,6,7)/t18-;/m0./s1. The van der Waals surface area contributed by atoms with Crippen LogP contribution >= 0.6 is 0 Å². The summed E-state index contributed by atoms with van der Waals surface area (Å²) in [6.45, 7) is 0.499. The molecule has 0 aliphatic carbocycles. The SMILES string of the molecule is NN=Cc1ccc(N2CC[C@H](NC(=O)Nc3cccc(CCC(=O)O)c3)C2=O)cc1.O=C(O)C(F)(F)F. The van der Waals surface area contributed by atoms with Crippen molar-refractivity contribution in [1.82, 2.24) is 5.32 Å². The molecule has 0 unspecified atom stereocenters. The summed E-state index contributed by atoms with van der Waals surface area (Å²) >= 11 is 0. The fraction of sp³-hybridized carbons (Fsp3) is 0.261. The molecule has 6 N–H and O–H groups in total. The Kier molecular flexibility index (Phi) is 9.98. The van der Waals surface area contributed by atoms with E-state index in [4.69, 9.17) is 20.9 Å². The van der Waals surface area contributed by atoms with Gasteiger partial charge in [0.1, 0.15) is 6.04 Å². The number of benzene rings is 2. The van der Waals surface area contributed by atoms with Gasteiger partial charge in [-0.2, -0.15) is 18.3 Å². The predicted molar refractivity (Wildman–Crippen MR) is 127 cm³/mol. The fourth-order valence-corrected chi connectivity index (χ4v) is 3.28. The minimum Gasteiger partial charge on any atom is -0.481 e. The number of carbonyl (C=O) groups excluding carboxylic acids is 2. The third kappa shape index (κ3) is 9.16. The molecule has 0 aromatic heterocycles. The number of halogens is 3. The molecule has 0 spiro atoms. The molecule has 1 aliphatic rings. The van der Waals surface area contributed by atoms with E-state index in [2.05, 4.69) is 15.7 Å². The van der Waals surface area contributed by atoms with Crippen molar-refractivity contribution in [3.05, 3.63) is 59.7 Å². The number of alkyl halides is 3. The number of aryl methyl sites for hydroxylation is 1. The average Bonchev–Trinajstić information content (AvgIpc) is 3.18. The van der Waals surface area contributed by atoms with Gasteiger partial charge in [-0.1, -0.05) is 24.3 Å². The Labute approximate surface area is 208 Å². The second-order valence-electron chi connectivity index (χ2n) is 7.70. The van der Waals surface area contributed by atoms with Crippen molar-refractivity contribution in [2.45, 2.75) is 31.5 Å². The van der Waals surface area contributed by atoms with Crippen molar-refractivity contribution in [2.24, 2.45) is 10.9 Å². The van der Waals surface area contributed by atoms with Crippen LogP contribution in [0, 0.1) is 0 Å². The van der Waals surface area contributed by atoms with E-state index < -0.39 is 30.2 Å². The number of hydrogen-bond acceptors (Lipinski definition) is 6. The normalized spacial score (nSPS) is 15.2. The Balaban J connectivity index is 0.000000604. The smallest absolute Gasteiger partial charge is 0.481 e. The third-order valence-corrected chi connectivity index (χ3v) is 4.99. The highest BCUT2D eigenvalue weighted by Gasteiger charge is 2.38. The Bertz CT molecular complexity index is 1150. The summed E-state index contributed by atoms with van der Waals surface area (Å²) in [6, 6.07) is 13.1. The van der Waals surface area contributed by atoms with Crippen molar-refractivity contribution in [3.63, 3.8) is 0 Å². The van der Waals surface area contributed by atoms with Gasteiger partial charge in [-0.25, -0.2) is 9.59 Å². The van der Waals surface area contributed by atoms with Crippen molar-refractivity contribution in [1.29, 1.82) is 0 Å². The number of carbonyl (C=O) groups is 4. The maximum Gasteiger partial charge on any atom is 0.490 e. The lowest BCUT2D eigenvalue weighted by Crippen LogP contribution is -2.43. The molecule has 0 saturated carbocycles. The first-order chi connectivity index (χ1) is 17.4. The highest BCUT2D eigenvalue weighted by molar-refractivity contribution is 6.02. The van der Waals surface area contributed by atoms with Crippen LogP contribution in [0.4, 0.5) is 29.3 Å². The number of anilines is 2. The Hall–Kier alpha value is -4.62. The number of aliphatic carboxylic acids is 2. The summed E-state index contributed by atoms with van der Waals surface area (Å²) in [5.41, 5.74) is 2.91. The number of amides is 3. The van der Waals surface area contributed by atoms with E-state index in [0.717, 1.165) is 16.8 Å². The maximum absolute atomic E-state index is 12.7. The van der Waals surface area contributed by atoms with Crippen molar-refractivity contribution in [2.75, 3.05) is 16.8 Å². The van der Waals surface area contributed by atoms with Crippen LogP contribution in [0.25, 0.3) is 0 Å². The highest BCUT2D eigenvalue weighted by Crippen LogP contribution is 2.22. The minimum absolute atomic E-state index is 0.0159. The summed E-state index contributed by atoms with van der Waals surface area (Å²) in [4.78, 5) is 46.3. The lowest BCUT2D eigenvalue weighted by atomic mass is 10.1. The van der Waals surface area contributed by atoms with E-state index in [9.17, 15) is 27.6 Å². The Morgan fingerprint density at radius 2 is 1.78 bits per heavy atom. The van der Waals surface area contributed by atoms with E-state index in [-0.39, 0.29) is 12.3 Å². The summed E-state index contributed by atoms with van der Waals surface area (Å²) in [5.74, 6) is 1.32. The van der Waals surface area contributed by atoms with E-state index in [1.54, 1.807) is 41.3 Å². The van der Waals surface area contributed by atoms with Gasteiger partial charge < -0.3 is 31.6 Å². The first-order valence-corrected chi connectivity index (χ1v) is 10.7.